The van der Waals surface area contributed by atoms with Gasteiger partial charge in [-0.05, 0) is 31.0 Å². The van der Waals surface area contributed by atoms with Gasteiger partial charge in [0, 0.05) is 38.0 Å². The molecule has 1 aliphatic heterocycles. The number of hydrogen-bond donors (Lipinski definition) is 2. The molecule has 1 aromatic carbocycles. The topological polar surface area (TPSA) is 88.1 Å². The first kappa shape index (κ1) is 17.4. The van der Waals surface area contributed by atoms with Crippen molar-refractivity contribution in [2.24, 2.45) is 0 Å². The van der Waals surface area contributed by atoms with E-state index in [1.165, 1.54) is 0 Å². The minimum Gasteiger partial charge on any atom is -0.497 e. The lowest BCUT2D eigenvalue weighted by molar-refractivity contribution is 0.186. The summed E-state index contributed by atoms with van der Waals surface area (Å²) in [4.78, 5) is 22.3. The zero-order valence-electron chi connectivity index (χ0n) is 15.4. The molecule has 1 saturated heterocycles. The molecule has 8 heteroatoms. The molecule has 3 aromatic rings. The maximum absolute atomic E-state index is 12.6. The van der Waals surface area contributed by atoms with Gasteiger partial charge < -0.3 is 19.9 Å². The van der Waals surface area contributed by atoms with Gasteiger partial charge in [0.1, 0.15) is 11.6 Å². The van der Waals surface area contributed by atoms with Crippen LogP contribution < -0.4 is 10.1 Å². The second kappa shape index (κ2) is 7.69. The normalized spacial score (nSPS) is 16.8. The molecule has 0 spiro atoms. The van der Waals surface area contributed by atoms with E-state index < -0.39 is 0 Å². The molecule has 1 fully saturated rings. The summed E-state index contributed by atoms with van der Waals surface area (Å²) >= 11 is 0. The Morgan fingerprint density at radius 1 is 1.44 bits per heavy atom. The zero-order chi connectivity index (χ0) is 18.6. The molecule has 142 valence electrons. The molecular weight excluding hydrogens is 344 g/mol. The number of methoxy groups -OCH3 is 1. The molecule has 0 radical (unpaired) electrons. The van der Waals surface area contributed by atoms with E-state index in [4.69, 9.17) is 4.74 Å². The molecule has 2 aromatic heterocycles. The van der Waals surface area contributed by atoms with Crippen molar-refractivity contribution < 1.29 is 9.53 Å². The number of likely N-dealkylation sites (tertiary alicyclic amines) is 1. The van der Waals surface area contributed by atoms with Crippen molar-refractivity contribution in [3.8, 4) is 5.75 Å². The monoisotopic (exact) mass is 368 g/mol. The molecule has 0 aliphatic carbocycles. The van der Waals surface area contributed by atoms with Crippen molar-refractivity contribution in [3.63, 3.8) is 0 Å². The third kappa shape index (κ3) is 3.89. The van der Waals surface area contributed by atoms with E-state index in [-0.39, 0.29) is 12.1 Å². The largest absolute Gasteiger partial charge is 0.497 e. The molecule has 27 heavy (non-hydrogen) atoms. The number of nitrogens with one attached hydrogen (secondary N) is 2. The number of fused-ring (bicyclic) bond motifs is 1. The van der Waals surface area contributed by atoms with E-state index in [1.54, 1.807) is 13.3 Å². The van der Waals surface area contributed by atoms with Gasteiger partial charge in [-0.1, -0.05) is 0 Å². The summed E-state index contributed by atoms with van der Waals surface area (Å²) in [6.45, 7) is 2.08. The molecule has 0 bridgehead atoms. The standard InChI is InChI=1S/C19H24N6O2/c1-27-15-5-6-16-17(12-15)23-18(22-16)7-9-20-19(26)25-11-2-4-14(25)13-24-10-3-8-21-24/h3,5-6,8,10,12,14H,2,4,7,9,11,13H2,1H3,(H,20,26)(H,22,23). The minimum atomic E-state index is -0.0116. The average molecular weight is 368 g/mol. The first-order valence-corrected chi connectivity index (χ1v) is 9.27. The molecule has 0 saturated carbocycles. The summed E-state index contributed by atoms with van der Waals surface area (Å²) in [7, 11) is 1.64. The van der Waals surface area contributed by atoms with Crippen LogP contribution in [0.5, 0.6) is 5.75 Å². The highest BCUT2D eigenvalue weighted by molar-refractivity contribution is 5.77. The molecule has 1 aliphatic rings. The van der Waals surface area contributed by atoms with E-state index >= 15 is 0 Å². The van der Waals surface area contributed by atoms with Gasteiger partial charge in [-0.3, -0.25) is 4.68 Å². The van der Waals surface area contributed by atoms with Crippen LogP contribution in [0.25, 0.3) is 11.0 Å². The van der Waals surface area contributed by atoms with E-state index in [0.29, 0.717) is 13.0 Å². The second-order valence-electron chi connectivity index (χ2n) is 6.77. The highest BCUT2D eigenvalue weighted by Crippen LogP contribution is 2.20. The highest BCUT2D eigenvalue weighted by atomic mass is 16.5. The summed E-state index contributed by atoms with van der Waals surface area (Å²) in [5.41, 5.74) is 1.84. The number of H-pyrrole nitrogens is 1. The fourth-order valence-corrected chi connectivity index (χ4v) is 3.59. The lowest BCUT2D eigenvalue weighted by Crippen LogP contribution is -2.45. The molecule has 1 unspecified atom stereocenters. The third-order valence-electron chi connectivity index (χ3n) is 4.97. The summed E-state index contributed by atoms with van der Waals surface area (Å²) in [6, 6.07) is 7.83. The summed E-state index contributed by atoms with van der Waals surface area (Å²) in [5.74, 6) is 1.65. The number of imidazole rings is 1. The van der Waals surface area contributed by atoms with Crippen LogP contribution in [-0.4, -0.2) is 56.9 Å². The first-order valence-electron chi connectivity index (χ1n) is 9.27. The third-order valence-corrected chi connectivity index (χ3v) is 4.97. The number of benzene rings is 1. The lowest BCUT2D eigenvalue weighted by Gasteiger charge is -2.25. The molecule has 1 atom stereocenters. The van der Waals surface area contributed by atoms with Crippen molar-refractivity contribution in [1.29, 1.82) is 0 Å². The van der Waals surface area contributed by atoms with Gasteiger partial charge >= 0.3 is 6.03 Å². The average Bonchev–Trinajstić information content (AvgIpc) is 3.41. The van der Waals surface area contributed by atoms with Crippen LogP contribution in [0.3, 0.4) is 0 Å². The first-order chi connectivity index (χ1) is 13.2. The number of urea groups is 1. The Hall–Kier alpha value is -3.03. The number of hydrogen-bond acceptors (Lipinski definition) is 4. The van der Waals surface area contributed by atoms with Gasteiger partial charge in [-0.15, -0.1) is 0 Å². The van der Waals surface area contributed by atoms with Crippen molar-refractivity contribution in [2.75, 3.05) is 20.2 Å². The van der Waals surface area contributed by atoms with Crippen LogP contribution in [0.1, 0.15) is 18.7 Å². The Balaban J connectivity index is 1.31. The number of rotatable bonds is 6. The van der Waals surface area contributed by atoms with Crippen molar-refractivity contribution in [3.05, 3.63) is 42.5 Å². The SMILES string of the molecule is COc1ccc2nc(CCNC(=O)N3CCCC3Cn3cccn3)[nH]c2c1. The molecule has 8 nitrogen and oxygen atoms in total. The van der Waals surface area contributed by atoms with Crippen LogP contribution in [0, 0.1) is 0 Å². The summed E-state index contributed by atoms with van der Waals surface area (Å²) in [5, 5.41) is 7.27. The lowest BCUT2D eigenvalue weighted by atomic mass is 10.2. The van der Waals surface area contributed by atoms with Crippen molar-refractivity contribution in [2.45, 2.75) is 31.8 Å². The van der Waals surface area contributed by atoms with Gasteiger partial charge in [0.05, 0.1) is 30.7 Å². The molecule has 3 heterocycles. The zero-order valence-corrected chi connectivity index (χ0v) is 15.4. The number of carbonyl (C=O) groups is 1. The Bertz CT molecular complexity index is 904. The maximum Gasteiger partial charge on any atom is 0.317 e. The number of nitrogens with zero attached hydrogens (tertiary/aromatic N) is 4. The van der Waals surface area contributed by atoms with Crippen molar-refractivity contribution in [1.82, 2.24) is 30.0 Å². The van der Waals surface area contributed by atoms with Crippen LogP contribution >= 0.6 is 0 Å². The van der Waals surface area contributed by atoms with Gasteiger partial charge in [0.2, 0.25) is 0 Å². The van der Waals surface area contributed by atoms with Gasteiger partial charge in [0.25, 0.3) is 0 Å². The quantitative estimate of drug-likeness (QED) is 0.698. The van der Waals surface area contributed by atoms with Gasteiger partial charge in [-0.25, -0.2) is 9.78 Å². The Morgan fingerprint density at radius 3 is 3.19 bits per heavy atom. The van der Waals surface area contributed by atoms with Crippen LogP contribution in [-0.2, 0) is 13.0 Å². The fraction of sp³-hybridized carbons (Fsp3) is 0.421. The molecule has 2 amide bonds. The van der Waals surface area contributed by atoms with E-state index in [9.17, 15) is 4.79 Å². The van der Waals surface area contributed by atoms with Gasteiger partial charge in [0.15, 0.2) is 0 Å². The van der Waals surface area contributed by atoms with Crippen LogP contribution in [0.15, 0.2) is 36.7 Å². The number of ether oxygens (including phenoxy) is 1. The van der Waals surface area contributed by atoms with Crippen LogP contribution in [0.4, 0.5) is 4.79 Å². The Morgan fingerprint density at radius 2 is 2.37 bits per heavy atom. The minimum absolute atomic E-state index is 0.0116. The van der Waals surface area contributed by atoms with E-state index in [0.717, 1.165) is 48.5 Å². The Labute approximate surface area is 157 Å². The number of aromatic amines is 1. The predicted octanol–water partition coefficient (Wildman–Crippen LogP) is 2.18. The summed E-state index contributed by atoms with van der Waals surface area (Å²) in [6.07, 6.45) is 6.40. The smallest absolute Gasteiger partial charge is 0.317 e. The van der Waals surface area contributed by atoms with Gasteiger partial charge in [-0.2, -0.15) is 5.10 Å². The molecule has 4 rings (SSSR count). The second-order valence-corrected chi connectivity index (χ2v) is 6.77. The fourth-order valence-electron chi connectivity index (χ4n) is 3.59. The number of amides is 2. The van der Waals surface area contributed by atoms with Crippen molar-refractivity contribution >= 4 is 17.1 Å². The van der Waals surface area contributed by atoms with Crippen LogP contribution in [0.2, 0.25) is 0 Å². The summed E-state index contributed by atoms with van der Waals surface area (Å²) < 4.78 is 7.12. The number of carbonyl (C=O) groups excluding carboxylic acids is 1. The predicted molar refractivity (Wildman–Crippen MR) is 102 cm³/mol. The van der Waals surface area contributed by atoms with E-state index in [1.807, 2.05) is 40.0 Å². The number of aromatic nitrogens is 4. The Kier molecular flexibility index (Phi) is 4.95. The molecular formula is C19H24N6O2. The highest BCUT2D eigenvalue weighted by Gasteiger charge is 2.28. The molecule has 2 N–H and O–H groups in total. The maximum atomic E-state index is 12.6. The van der Waals surface area contributed by atoms with E-state index in [2.05, 4.69) is 20.4 Å².